The Balaban J connectivity index is 1.73. The van der Waals surface area contributed by atoms with Crippen LogP contribution in [-0.2, 0) is 17.6 Å². The summed E-state index contributed by atoms with van der Waals surface area (Å²) in [5.41, 5.74) is 2.83. The average molecular weight is 285 g/mol. The Morgan fingerprint density at radius 1 is 1.43 bits per heavy atom. The minimum absolute atomic E-state index is 0.129. The molecule has 0 bridgehead atoms. The first-order valence-corrected chi connectivity index (χ1v) is 7.58. The van der Waals surface area contributed by atoms with E-state index in [-0.39, 0.29) is 11.8 Å². The number of pyridine rings is 1. The lowest BCUT2D eigenvalue weighted by Gasteiger charge is -2.17. The number of carboxylic acids is 1. The topological polar surface area (TPSA) is 86.0 Å². The van der Waals surface area contributed by atoms with E-state index in [0.29, 0.717) is 17.9 Å². The number of anilines is 1. The summed E-state index contributed by atoms with van der Waals surface area (Å²) in [5, 5.41) is 21.7. The van der Waals surface area contributed by atoms with E-state index in [0.717, 1.165) is 44.2 Å². The summed E-state index contributed by atoms with van der Waals surface area (Å²) in [6.45, 7) is 0.581. The first-order valence-electron chi connectivity index (χ1n) is 7.58. The monoisotopic (exact) mass is 285 g/mol. The molecule has 1 fully saturated rings. The fourth-order valence-electron chi connectivity index (χ4n) is 3.53. The van der Waals surface area contributed by atoms with Gasteiger partial charge >= 0.3 is 5.97 Å². The molecule has 0 aliphatic heterocycles. The highest BCUT2D eigenvalue weighted by molar-refractivity contribution is 5.70. The Morgan fingerprint density at radius 3 is 3.05 bits per heavy atom. The second kappa shape index (κ2) is 5.72. The Labute approximate surface area is 124 Å². The van der Waals surface area contributed by atoms with Crippen LogP contribution >= 0.6 is 0 Å². The van der Waals surface area contributed by atoms with Crippen molar-refractivity contribution in [2.45, 2.75) is 38.5 Å². The molecule has 0 aromatic carbocycles. The molecule has 1 saturated carbocycles. The molecule has 1 aromatic rings. The number of carboxylic acid groups (broad SMARTS) is 1. The molecule has 0 amide bonds. The number of carbonyl (C=O) groups is 1. The van der Waals surface area contributed by atoms with Crippen molar-refractivity contribution in [3.63, 3.8) is 0 Å². The van der Waals surface area contributed by atoms with Crippen LogP contribution in [0.15, 0.2) is 6.07 Å². The Morgan fingerprint density at radius 2 is 2.29 bits per heavy atom. The van der Waals surface area contributed by atoms with E-state index in [1.54, 1.807) is 0 Å². The number of nitrogens with one attached hydrogen (secondary N) is 1. The summed E-state index contributed by atoms with van der Waals surface area (Å²) in [4.78, 5) is 15.8. The number of rotatable bonds is 4. The molecule has 2 aliphatic rings. The summed E-state index contributed by atoms with van der Waals surface area (Å²) in [6.07, 6.45) is 5.71. The quantitative estimate of drug-likeness (QED) is 0.887. The number of hydrogen-bond acceptors (Lipinski definition) is 4. The van der Waals surface area contributed by atoms with Crippen LogP contribution in [0.5, 0.6) is 0 Å². The van der Waals surface area contributed by atoms with Crippen LogP contribution < -0.4 is 5.32 Å². The molecule has 0 radical (unpaired) electrons. The smallest absolute Gasteiger partial charge is 0.306 e. The van der Waals surface area contributed by atoms with Gasteiger partial charge in [-0.15, -0.1) is 0 Å². The van der Waals surface area contributed by atoms with Crippen molar-refractivity contribution in [2.24, 2.45) is 11.8 Å². The number of hydrogen-bond donors (Lipinski definition) is 2. The van der Waals surface area contributed by atoms with Crippen LogP contribution in [0.1, 0.15) is 42.5 Å². The highest BCUT2D eigenvalue weighted by atomic mass is 16.4. The molecule has 1 aromatic heterocycles. The molecule has 2 atom stereocenters. The minimum atomic E-state index is -0.707. The molecule has 21 heavy (non-hydrogen) atoms. The van der Waals surface area contributed by atoms with E-state index in [9.17, 15) is 15.2 Å². The third-order valence-electron chi connectivity index (χ3n) is 4.68. The van der Waals surface area contributed by atoms with Crippen LogP contribution in [0, 0.1) is 23.2 Å². The molecule has 2 unspecified atom stereocenters. The van der Waals surface area contributed by atoms with Crippen LogP contribution in [0.25, 0.3) is 0 Å². The third-order valence-corrected chi connectivity index (χ3v) is 4.68. The summed E-state index contributed by atoms with van der Waals surface area (Å²) in [5.74, 6) is -0.225. The first-order chi connectivity index (χ1) is 10.2. The Kier molecular flexibility index (Phi) is 3.78. The average Bonchev–Trinajstić information content (AvgIpc) is 3.12. The van der Waals surface area contributed by atoms with E-state index in [1.165, 1.54) is 5.56 Å². The lowest BCUT2D eigenvalue weighted by atomic mass is 9.96. The molecule has 0 saturated heterocycles. The van der Waals surface area contributed by atoms with Crippen LogP contribution in [-0.4, -0.2) is 22.6 Å². The largest absolute Gasteiger partial charge is 0.481 e. The number of aromatic nitrogens is 1. The van der Waals surface area contributed by atoms with Gasteiger partial charge in [0, 0.05) is 12.2 Å². The van der Waals surface area contributed by atoms with Crippen molar-refractivity contribution in [2.75, 3.05) is 11.9 Å². The standard InChI is InChI=1S/C16H19N3O2/c17-8-12-7-10-3-2-6-14(10)19-15(12)18-9-11-4-1-5-13(11)16(20)21/h7,11,13H,1-6,9H2,(H,18,19)(H,20,21). The van der Waals surface area contributed by atoms with Gasteiger partial charge in [-0.1, -0.05) is 6.42 Å². The zero-order valence-corrected chi connectivity index (χ0v) is 11.9. The predicted octanol–water partition coefficient (Wildman–Crippen LogP) is 2.35. The van der Waals surface area contributed by atoms with Gasteiger partial charge < -0.3 is 10.4 Å². The Bertz CT molecular complexity index is 606. The lowest BCUT2D eigenvalue weighted by molar-refractivity contribution is -0.142. The van der Waals surface area contributed by atoms with E-state index in [1.807, 2.05) is 6.07 Å². The van der Waals surface area contributed by atoms with Gasteiger partial charge in [0.25, 0.3) is 0 Å². The van der Waals surface area contributed by atoms with E-state index in [2.05, 4.69) is 16.4 Å². The van der Waals surface area contributed by atoms with Gasteiger partial charge in [-0.3, -0.25) is 4.79 Å². The number of nitrogens with zero attached hydrogens (tertiary/aromatic N) is 2. The van der Waals surface area contributed by atoms with Crippen molar-refractivity contribution in [1.29, 1.82) is 5.26 Å². The Hall–Kier alpha value is -2.09. The van der Waals surface area contributed by atoms with Crippen molar-refractivity contribution in [3.8, 4) is 6.07 Å². The first kappa shape index (κ1) is 13.9. The summed E-state index contributed by atoms with van der Waals surface area (Å²) in [7, 11) is 0. The molecule has 5 nitrogen and oxygen atoms in total. The van der Waals surface area contributed by atoms with Crippen molar-refractivity contribution >= 4 is 11.8 Å². The second-order valence-corrected chi connectivity index (χ2v) is 5.97. The molecular formula is C16H19N3O2. The molecule has 5 heteroatoms. The van der Waals surface area contributed by atoms with Crippen LogP contribution in [0.3, 0.4) is 0 Å². The molecule has 1 heterocycles. The van der Waals surface area contributed by atoms with Gasteiger partial charge in [-0.05, 0) is 49.7 Å². The summed E-state index contributed by atoms with van der Waals surface area (Å²) in [6, 6.07) is 4.12. The third kappa shape index (κ3) is 2.71. The van der Waals surface area contributed by atoms with Crippen LogP contribution in [0.2, 0.25) is 0 Å². The van der Waals surface area contributed by atoms with Gasteiger partial charge in [0.05, 0.1) is 11.5 Å². The molecule has 2 aliphatic carbocycles. The summed E-state index contributed by atoms with van der Waals surface area (Å²) < 4.78 is 0. The number of fused-ring (bicyclic) bond motifs is 1. The number of aliphatic carboxylic acids is 1. The van der Waals surface area contributed by atoms with E-state index >= 15 is 0 Å². The van der Waals surface area contributed by atoms with Crippen molar-refractivity contribution in [1.82, 2.24) is 4.98 Å². The normalized spacial score (nSPS) is 23.6. The fraction of sp³-hybridized carbons (Fsp3) is 0.562. The number of nitriles is 1. The maximum atomic E-state index is 11.2. The van der Waals surface area contributed by atoms with Gasteiger partial charge in [0.15, 0.2) is 0 Å². The van der Waals surface area contributed by atoms with Crippen LogP contribution in [0.4, 0.5) is 5.82 Å². The zero-order valence-electron chi connectivity index (χ0n) is 11.9. The molecule has 2 N–H and O–H groups in total. The molecular weight excluding hydrogens is 266 g/mol. The highest BCUT2D eigenvalue weighted by Crippen LogP contribution is 2.32. The maximum absolute atomic E-state index is 11.2. The molecule has 3 rings (SSSR count). The zero-order chi connectivity index (χ0) is 14.8. The predicted molar refractivity (Wildman–Crippen MR) is 77.9 cm³/mol. The lowest BCUT2D eigenvalue weighted by Crippen LogP contribution is -2.25. The molecule has 0 spiro atoms. The maximum Gasteiger partial charge on any atom is 0.306 e. The van der Waals surface area contributed by atoms with Gasteiger partial charge in [-0.25, -0.2) is 4.98 Å². The fourth-order valence-corrected chi connectivity index (χ4v) is 3.53. The SMILES string of the molecule is N#Cc1cc2c(nc1NCC1CCCC1C(=O)O)CCC2. The van der Waals surface area contributed by atoms with E-state index < -0.39 is 5.97 Å². The summed E-state index contributed by atoms with van der Waals surface area (Å²) >= 11 is 0. The van der Waals surface area contributed by atoms with Gasteiger partial charge in [0.2, 0.25) is 0 Å². The minimum Gasteiger partial charge on any atom is -0.481 e. The van der Waals surface area contributed by atoms with Crippen molar-refractivity contribution < 1.29 is 9.90 Å². The highest BCUT2D eigenvalue weighted by Gasteiger charge is 2.32. The van der Waals surface area contributed by atoms with Gasteiger partial charge in [-0.2, -0.15) is 5.26 Å². The van der Waals surface area contributed by atoms with Gasteiger partial charge in [0.1, 0.15) is 11.9 Å². The van der Waals surface area contributed by atoms with Crippen molar-refractivity contribution in [3.05, 3.63) is 22.9 Å². The van der Waals surface area contributed by atoms with E-state index in [4.69, 9.17) is 0 Å². The number of aryl methyl sites for hydroxylation is 2. The molecule has 110 valence electrons. The second-order valence-electron chi connectivity index (χ2n) is 5.97.